The van der Waals surface area contributed by atoms with E-state index < -0.39 is 236 Å². The number of hydrogen-bond donors (Lipinski definition) is 3. The zero-order chi connectivity index (χ0) is 73.5. The van der Waals surface area contributed by atoms with Crippen LogP contribution in [0, 0.1) is 5.41 Å². The second kappa shape index (κ2) is 39.8. The van der Waals surface area contributed by atoms with Gasteiger partial charge < -0.3 is 110 Å². The average Bonchev–Trinajstić information content (AvgIpc) is 0.802. The van der Waals surface area contributed by atoms with Crippen LogP contribution in [0.2, 0.25) is 0 Å². The van der Waals surface area contributed by atoms with Crippen molar-refractivity contribution in [2.45, 2.75) is 229 Å². The van der Waals surface area contributed by atoms with Gasteiger partial charge in [-0.25, -0.2) is 0 Å². The Morgan fingerprint density at radius 1 is 0.316 bits per heavy atom. The third kappa shape index (κ3) is 27.3. The minimum absolute atomic E-state index is 0.0851. The third-order valence-corrected chi connectivity index (χ3v) is 14.2. The molecule has 0 unspecified atom stereocenters. The quantitative estimate of drug-likeness (QED) is 0.0199. The lowest BCUT2D eigenvalue weighted by molar-refractivity contribution is -0.328. The maximum absolute atomic E-state index is 13.0. The summed E-state index contributed by atoms with van der Waals surface area (Å²) in [5.41, 5.74) is 0. The number of esters is 11. The largest absolute Gasteiger partial charge is 0.463 e. The summed E-state index contributed by atoms with van der Waals surface area (Å²) in [5, 5.41) is 13.3. The van der Waals surface area contributed by atoms with E-state index >= 15 is 0 Å². The van der Waals surface area contributed by atoms with Gasteiger partial charge in [-0.15, -0.1) is 0 Å². The van der Waals surface area contributed by atoms with Crippen LogP contribution in [0.3, 0.4) is 0 Å². The Balaban J connectivity index is 1.66. The van der Waals surface area contributed by atoms with Gasteiger partial charge in [0.05, 0.1) is 19.8 Å². The summed E-state index contributed by atoms with van der Waals surface area (Å²) in [7, 11) is 0. The molecule has 98 heavy (non-hydrogen) atoms. The Labute approximate surface area is 576 Å². The molecular formula is C58H82Cl3N3O34. The summed E-state index contributed by atoms with van der Waals surface area (Å²) >= 11 is 17.6. The van der Waals surface area contributed by atoms with Crippen molar-refractivity contribution in [3.8, 4) is 0 Å². The molecule has 0 aromatic rings. The predicted octanol–water partition coefficient (Wildman–Crippen LogP) is 0.00277. The molecule has 4 saturated heterocycles. The molecular weight excluding hydrogens is 1390 g/mol. The molecule has 4 fully saturated rings. The highest BCUT2D eigenvalue weighted by molar-refractivity contribution is 6.76. The van der Waals surface area contributed by atoms with Crippen LogP contribution < -0.4 is 10.6 Å². The van der Waals surface area contributed by atoms with Crippen LogP contribution in [0.25, 0.3) is 0 Å². The highest BCUT2D eigenvalue weighted by Gasteiger charge is 2.57. The number of nitrogens with one attached hydrogen (secondary N) is 3. The third-order valence-electron chi connectivity index (χ3n) is 13.7. The Morgan fingerprint density at radius 2 is 0.592 bits per heavy atom. The van der Waals surface area contributed by atoms with Gasteiger partial charge in [0.1, 0.15) is 68.5 Å². The molecule has 3 N–H and O–H groups in total. The van der Waals surface area contributed by atoms with Crippen LogP contribution in [0.1, 0.15) is 103 Å². The van der Waals surface area contributed by atoms with E-state index in [1.807, 2.05) is 0 Å². The van der Waals surface area contributed by atoms with E-state index in [-0.39, 0.29) is 39.3 Å². The summed E-state index contributed by atoms with van der Waals surface area (Å²) in [5.74, 6) is -12.2. The Bertz CT molecular complexity index is 2810. The first-order valence-corrected chi connectivity index (χ1v) is 31.3. The van der Waals surface area contributed by atoms with Crippen molar-refractivity contribution < 1.29 is 162 Å². The normalized spacial score (nSPS) is 29.8. The van der Waals surface area contributed by atoms with Crippen LogP contribution >= 0.6 is 34.8 Å². The fraction of sp³-hybridized carbons (Fsp3) is 0.759. The van der Waals surface area contributed by atoms with Gasteiger partial charge in [-0.2, -0.15) is 0 Å². The second-order valence-corrected chi connectivity index (χ2v) is 24.3. The summed E-state index contributed by atoms with van der Waals surface area (Å²) in [6.45, 7) is 9.72. The van der Waals surface area contributed by atoms with Crippen molar-refractivity contribution in [2.24, 2.45) is 0 Å². The molecule has 0 aromatic carbocycles. The van der Waals surface area contributed by atoms with Crippen LogP contribution in [0.15, 0.2) is 0 Å². The van der Waals surface area contributed by atoms with Crippen molar-refractivity contribution in [3.05, 3.63) is 0 Å². The van der Waals surface area contributed by atoms with E-state index in [9.17, 15) is 62.3 Å². The molecule has 0 aromatic heterocycles. The highest BCUT2D eigenvalue weighted by atomic mass is 35.6. The topological polar surface area (TPSA) is 464 Å². The fourth-order valence-corrected chi connectivity index (χ4v) is 10.5. The Morgan fingerprint density at radius 3 is 0.918 bits per heavy atom. The number of hydrogen-bond acceptors (Lipinski definition) is 35. The van der Waals surface area contributed by atoms with E-state index in [1.165, 1.54) is 0 Å². The number of rotatable bonds is 32. The maximum Gasteiger partial charge on any atom is 0.303 e. The molecule has 40 heteroatoms. The molecule has 0 spiro atoms. The van der Waals surface area contributed by atoms with Crippen LogP contribution in [0.4, 0.5) is 0 Å². The number of carbonyl (C=O) groups excluding carboxylic acids is 13. The number of carbonyl (C=O) groups is 13. The SMILES string of the molecule is CC(=O)N[C@H]1[C@H](OCCCO[C@H]2[C@H](OC(C)=O)[C@@H](OC(C)=O)[C@H](OC[C@H]3O[C@@H](OCCCO[C@H]4[C@H](OC(C)=O)[C@@H](OC(C)=O)[C@@H](OC(=N)C(Cl)(Cl)Cl)O[C@@H]4COC(C)=O)[C@H](NC(C)=O)[C@@H](OC(C)=O)[C@@H]3OC(C)=O)O[C@@H]2COC(C)=O)O[C@H](COC(C)=O)[C@@H](OC(C)=O)[C@@H]1OC(C)=O. The fourth-order valence-electron chi connectivity index (χ4n) is 10.3. The van der Waals surface area contributed by atoms with E-state index in [4.69, 9.17) is 140 Å². The summed E-state index contributed by atoms with van der Waals surface area (Å²) < 4.78 is 119. The Hall–Kier alpha value is -6.91. The minimum Gasteiger partial charge on any atom is -0.463 e. The zero-order valence-electron chi connectivity index (χ0n) is 55.6. The van der Waals surface area contributed by atoms with E-state index in [2.05, 4.69) is 10.6 Å². The van der Waals surface area contributed by atoms with Crippen LogP contribution in [0.5, 0.6) is 0 Å². The van der Waals surface area contributed by atoms with Gasteiger partial charge in [-0.3, -0.25) is 67.7 Å². The van der Waals surface area contributed by atoms with Gasteiger partial charge in [0, 0.05) is 103 Å². The van der Waals surface area contributed by atoms with Gasteiger partial charge in [0.25, 0.3) is 3.79 Å². The van der Waals surface area contributed by atoms with Crippen molar-refractivity contribution >= 4 is 118 Å². The molecule has 554 valence electrons. The van der Waals surface area contributed by atoms with Gasteiger partial charge in [0.15, 0.2) is 61.6 Å². The smallest absolute Gasteiger partial charge is 0.303 e. The monoisotopic (exact) mass is 1470 g/mol. The average molecular weight is 1470 g/mol. The highest BCUT2D eigenvalue weighted by Crippen LogP contribution is 2.37. The molecule has 4 aliphatic rings. The molecule has 20 atom stereocenters. The lowest BCUT2D eigenvalue weighted by atomic mass is 9.95. The number of amides is 2. The van der Waals surface area contributed by atoms with Gasteiger partial charge in [-0.05, 0) is 12.8 Å². The van der Waals surface area contributed by atoms with Crippen molar-refractivity contribution in [1.29, 1.82) is 5.41 Å². The number of halogens is 3. The standard InChI is InChI=1S/C58H82Cl3N3O34/c1-24(65)63-41-47(88-31(8)72)45(86-29(6)70)39(22-84-28(5)69)94-53(41)80-18-14-16-78-43-37(20-82-26(3)67)96-55(51(92-35(12)76)49(43)90-33(10)74)85-23-40-46(87-30(7)71)48(89-32(9)73)42(64-25(2)66)54(95-40)81-19-15-17-79-44-38(21-83-27(4)68)97-56(98-57(62)58(59,60)61)52(93-36(13)77)50(44)91-34(11)75/h37-56,62H,14-23H2,1-13H3,(H,63,65)(H,64,66)/t37-,38-,39-,40-,41-,42-,43-,44-,45-,46-,47-,48-,49+,50+,51-,52-,53-,54-,55-,56-/m1/s1. The van der Waals surface area contributed by atoms with E-state index in [1.54, 1.807) is 0 Å². The molecule has 37 nitrogen and oxygen atoms in total. The van der Waals surface area contributed by atoms with Gasteiger partial charge >= 0.3 is 65.7 Å². The molecule has 4 rings (SSSR count). The summed E-state index contributed by atoms with van der Waals surface area (Å²) in [6, 6.07) is -2.82. The summed E-state index contributed by atoms with van der Waals surface area (Å²) in [4.78, 5) is 163. The van der Waals surface area contributed by atoms with Crippen molar-refractivity contribution in [1.82, 2.24) is 10.6 Å². The first-order chi connectivity index (χ1) is 45.9. The predicted molar refractivity (Wildman–Crippen MR) is 320 cm³/mol. The number of alkyl halides is 3. The van der Waals surface area contributed by atoms with Gasteiger partial charge in [0.2, 0.25) is 30.1 Å². The number of ether oxygens (including phenoxy) is 21. The molecule has 0 radical (unpaired) electrons. The summed E-state index contributed by atoms with van der Waals surface area (Å²) in [6.07, 6.45) is -28.7. The first-order valence-electron chi connectivity index (χ1n) is 30.2. The molecule has 0 saturated carbocycles. The lowest BCUT2D eigenvalue weighted by Crippen LogP contribution is -2.67. The second-order valence-electron chi connectivity index (χ2n) is 22.0. The molecule has 4 heterocycles. The minimum atomic E-state index is -2.47. The van der Waals surface area contributed by atoms with Crippen LogP contribution in [-0.2, 0) is 162 Å². The van der Waals surface area contributed by atoms with Crippen molar-refractivity contribution in [3.63, 3.8) is 0 Å². The van der Waals surface area contributed by atoms with Crippen LogP contribution in [-0.4, -0.2) is 263 Å². The van der Waals surface area contributed by atoms with Gasteiger partial charge in [-0.1, -0.05) is 34.8 Å². The molecule has 0 bridgehead atoms. The van der Waals surface area contributed by atoms with Crippen molar-refractivity contribution in [2.75, 3.05) is 52.9 Å². The first kappa shape index (κ1) is 83.5. The zero-order valence-corrected chi connectivity index (χ0v) is 57.9. The molecule has 2 amide bonds. The van der Waals surface area contributed by atoms with E-state index in [0.717, 1.165) is 90.0 Å². The Kier molecular flexibility index (Phi) is 33.9. The lowest BCUT2D eigenvalue weighted by Gasteiger charge is -2.47. The molecule has 0 aliphatic carbocycles. The van der Waals surface area contributed by atoms with E-state index in [0.29, 0.717) is 0 Å². The molecule has 4 aliphatic heterocycles. The maximum atomic E-state index is 13.0.